The molecule has 2 aliphatic heterocycles. The van der Waals surface area contributed by atoms with Crippen molar-refractivity contribution in [3.63, 3.8) is 0 Å². The summed E-state index contributed by atoms with van der Waals surface area (Å²) in [6, 6.07) is 4.81. The lowest BCUT2D eigenvalue weighted by Crippen LogP contribution is -2.72. The normalized spacial score (nSPS) is 39.5. The van der Waals surface area contributed by atoms with Gasteiger partial charge in [-0.15, -0.1) is 0 Å². The molecule has 5 aliphatic rings. The lowest BCUT2D eigenvalue weighted by Gasteiger charge is -2.63. The Bertz CT molecular complexity index is 888. The second-order valence-corrected chi connectivity index (χ2v) is 10.9. The van der Waals surface area contributed by atoms with Gasteiger partial charge in [0, 0.05) is 29.0 Å². The number of piperidine rings is 1. The second-order valence-electron chi connectivity index (χ2n) is 10.9. The van der Waals surface area contributed by atoms with Gasteiger partial charge < -0.3 is 9.47 Å². The predicted molar refractivity (Wildman–Crippen MR) is 112 cm³/mol. The standard InChI is InChI=1S/C25H33NO3/c1-14-19-17-12-16-8-9-18(28-4)21-20(16)25(19,23(29-21)22(27)24(14,2)3)10-11-26(17)13-15-6-5-7-15/h8-9,14-15,17,19,23H,5-7,10-13H2,1-4H3/t14-,17-,19?,23+,25+/m1/s1. The van der Waals surface area contributed by atoms with Crippen LogP contribution in [0.3, 0.4) is 0 Å². The van der Waals surface area contributed by atoms with E-state index in [9.17, 15) is 4.79 Å². The van der Waals surface area contributed by atoms with Crippen molar-refractivity contribution in [2.75, 3.05) is 20.2 Å². The van der Waals surface area contributed by atoms with Crippen LogP contribution >= 0.6 is 0 Å². The van der Waals surface area contributed by atoms with Crippen molar-refractivity contribution in [1.29, 1.82) is 0 Å². The molecule has 1 unspecified atom stereocenters. The third-order valence-corrected chi connectivity index (χ3v) is 9.58. The number of likely N-dealkylation sites (tertiary alicyclic amines) is 1. The first-order valence-electron chi connectivity index (χ1n) is 11.5. The monoisotopic (exact) mass is 395 g/mol. The van der Waals surface area contributed by atoms with Crippen LogP contribution in [0.5, 0.6) is 11.5 Å². The lowest BCUT2D eigenvalue weighted by atomic mass is 9.44. The van der Waals surface area contributed by atoms with Crippen molar-refractivity contribution in [1.82, 2.24) is 4.90 Å². The molecule has 3 aliphatic carbocycles. The number of benzene rings is 1. The summed E-state index contributed by atoms with van der Waals surface area (Å²) in [5.74, 6) is 3.63. The Morgan fingerprint density at radius 2 is 2.07 bits per heavy atom. The number of rotatable bonds is 3. The Hall–Kier alpha value is -1.55. The first kappa shape index (κ1) is 18.2. The van der Waals surface area contributed by atoms with Gasteiger partial charge in [0.1, 0.15) is 0 Å². The minimum atomic E-state index is -0.358. The molecule has 1 aromatic rings. The van der Waals surface area contributed by atoms with Crippen LogP contribution < -0.4 is 9.47 Å². The third kappa shape index (κ3) is 2.07. The molecule has 3 fully saturated rings. The first-order valence-corrected chi connectivity index (χ1v) is 11.5. The molecule has 5 atom stereocenters. The van der Waals surface area contributed by atoms with Gasteiger partial charge in [0.15, 0.2) is 23.4 Å². The highest BCUT2D eigenvalue weighted by atomic mass is 16.5. The number of carbonyl (C=O) groups excluding carboxylic acids is 1. The van der Waals surface area contributed by atoms with Crippen LogP contribution in [-0.2, 0) is 16.6 Å². The Kier molecular flexibility index (Phi) is 3.63. The van der Waals surface area contributed by atoms with Crippen LogP contribution in [0.15, 0.2) is 12.1 Å². The number of nitrogens with zero attached hydrogens (tertiary/aromatic N) is 1. The van der Waals surface area contributed by atoms with E-state index in [1.165, 1.54) is 36.9 Å². The molecule has 2 bridgehead atoms. The summed E-state index contributed by atoms with van der Waals surface area (Å²) in [6.45, 7) is 8.97. The Morgan fingerprint density at radius 1 is 1.28 bits per heavy atom. The Labute approximate surface area is 173 Å². The number of ketones is 1. The maximum Gasteiger partial charge on any atom is 0.180 e. The van der Waals surface area contributed by atoms with Crippen molar-refractivity contribution in [2.24, 2.45) is 23.2 Å². The zero-order chi connectivity index (χ0) is 20.1. The van der Waals surface area contributed by atoms with E-state index in [2.05, 4.69) is 31.7 Å². The van der Waals surface area contributed by atoms with Gasteiger partial charge in [0.25, 0.3) is 0 Å². The summed E-state index contributed by atoms with van der Waals surface area (Å²) in [5.41, 5.74) is 2.19. The van der Waals surface area contributed by atoms with Crippen LogP contribution in [0.4, 0.5) is 0 Å². The molecular formula is C25H33NO3. The fourth-order valence-electron chi connectivity index (χ4n) is 7.54. The molecule has 2 saturated carbocycles. The SMILES string of the molecule is COc1ccc2c3c1O[C@H]1C(=O)C(C)(C)[C@H](C)C4[C@@H](C2)N(CC2CCC2)CC[C@@]341. The number of methoxy groups -OCH3 is 1. The number of Topliss-reactive ketones (excluding diaryl/α,β-unsaturated/α-hetero) is 1. The van der Waals surface area contributed by atoms with Crippen LogP contribution in [0.1, 0.15) is 57.6 Å². The highest BCUT2D eigenvalue weighted by molar-refractivity contribution is 5.93. The molecular weight excluding hydrogens is 362 g/mol. The van der Waals surface area contributed by atoms with Gasteiger partial charge in [0.05, 0.1) is 7.11 Å². The Morgan fingerprint density at radius 3 is 2.76 bits per heavy atom. The summed E-state index contributed by atoms with van der Waals surface area (Å²) in [5, 5.41) is 0. The average Bonchev–Trinajstić information content (AvgIpc) is 3.00. The first-order chi connectivity index (χ1) is 13.9. The van der Waals surface area contributed by atoms with Gasteiger partial charge in [-0.25, -0.2) is 0 Å². The van der Waals surface area contributed by atoms with E-state index in [1.54, 1.807) is 7.11 Å². The summed E-state index contributed by atoms with van der Waals surface area (Å²) >= 11 is 0. The van der Waals surface area contributed by atoms with Gasteiger partial charge in [-0.3, -0.25) is 9.69 Å². The molecule has 1 saturated heterocycles. The Balaban J connectivity index is 1.54. The molecule has 156 valence electrons. The van der Waals surface area contributed by atoms with E-state index < -0.39 is 0 Å². The largest absolute Gasteiger partial charge is 0.493 e. The number of ether oxygens (including phenoxy) is 2. The molecule has 0 N–H and O–H groups in total. The quantitative estimate of drug-likeness (QED) is 0.776. The van der Waals surface area contributed by atoms with Crippen LogP contribution in [0.2, 0.25) is 0 Å². The highest BCUT2D eigenvalue weighted by Crippen LogP contribution is 2.67. The molecule has 0 amide bonds. The molecule has 1 aromatic carbocycles. The smallest absolute Gasteiger partial charge is 0.180 e. The maximum absolute atomic E-state index is 13.7. The fraction of sp³-hybridized carbons (Fsp3) is 0.720. The van der Waals surface area contributed by atoms with Gasteiger partial charge in [-0.05, 0) is 61.6 Å². The summed E-state index contributed by atoms with van der Waals surface area (Å²) in [6.07, 6.45) is 5.94. The second kappa shape index (κ2) is 5.78. The van der Waals surface area contributed by atoms with Crippen LogP contribution in [0.25, 0.3) is 0 Å². The number of carbonyl (C=O) groups is 1. The summed E-state index contributed by atoms with van der Waals surface area (Å²) in [4.78, 5) is 16.5. The fourth-order valence-corrected chi connectivity index (χ4v) is 7.54. The minimum absolute atomic E-state index is 0.162. The van der Waals surface area contributed by atoms with Crippen molar-refractivity contribution in [3.8, 4) is 11.5 Å². The zero-order valence-corrected chi connectivity index (χ0v) is 18.2. The van der Waals surface area contributed by atoms with Crippen molar-refractivity contribution < 1.29 is 14.3 Å². The highest BCUT2D eigenvalue weighted by Gasteiger charge is 2.71. The van der Waals surface area contributed by atoms with E-state index in [0.29, 0.717) is 23.7 Å². The maximum atomic E-state index is 13.7. The van der Waals surface area contributed by atoms with Gasteiger partial charge in [-0.2, -0.15) is 0 Å². The number of hydrogen-bond donors (Lipinski definition) is 0. The molecule has 4 nitrogen and oxygen atoms in total. The average molecular weight is 396 g/mol. The summed E-state index contributed by atoms with van der Waals surface area (Å²) in [7, 11) is 1.71. The molecule has 2 heterocycles. The molecule has 0 aromatic heterocycles. The van der Waals surface area contributed by atoms with Crippen molar-refractivity contribution >= 4 is 5.78 Å². The molecule has 6 rings (SSSR count). The van der Waals surface area contributed by atoms with E-state index in [4.69, 9.17) is 9.47 Å². The summed E-state index contributed by atoms with van der Waals surface area (Å²) < 4.78 is 12.2. The van der Waals surface area contributed by atoms with Crippen molar-refractivity contribution in [2.45, 2.75) is 70.4 Å². The van der Waals surface area contributed by atoms with E-state index in [-0.39, 0.29) is 16.9 Å². The zero-order valence-electron chi connectivity index (χ0n) is 18.2. The van der Waals surface area contributed by atoms with Gasteiger partial charge in [0.2, 0.25) is 0 Å². The van der Waals surface area contributed by atoms with E-state index >= 15 is 0 Å². The minimum Gasteiger partial charge on any atom is -0.493 e. The number of hydrogen-bond acceptors (Lipinski definition) is 4. The topological polar surface area (TPSA) is 38.8 Å². The van der Waals surface area contributed by atoms with Crippen LogP contribution in [0, 0.1) is 23.2 Å². The van der Waals surface area contributed by atoms with E-state index in [0.717, 1.165) is 36.8 Å². The van der Waals surface area contributed by atoms with Gasteiger partial charge >= 0.3 is 0 Å². The molecule has 1 spiro atoms. The lowest BCUT2D eigenvalue weighted by molar-refractivity contribution is -0.163. The predicted octanol–water partition coefficient (Wildman–Crippen LogP) is 3.99. The molecule has 29 heavy (non-hydrogen) atoms. The van der Waals surface area contributed by atoms with Crippen LogP contribution in [-0.4, -0.2) is 43.0 Å². The van der Waals surface area contributed by atoms with Crippen molar-refractivity contribution in [3.05, 3.63) is 23.3 Å². The molecule has 4 heteroatoms. The molecule has 0 radical (unpaired) electrons. The van der Waals surface area contributed by atoms with Gasteiger partial charge in [-0.1, -0.05) is 33.3 Å². The third-order valence-electron chi connectivity index (χ3n) is 9.58. The van der Waals surface area contributed by atoms with E-state index in [1.807, 2.05) is 6.07 Å².